The van der Waals surface area contributed by atoms with Crippen molar-refractivity contribution in [3.63, 3.8) is 0 Å². The standard InChI is InChI=1S/C19H22O2/c1-19(2,3)18(20)13-12-15-8-7-11-17(14-15)21-16-9-5-4-6-10-16/h4-11,14H,12-13H2,1-3H3. The number of ether oxygens (including phenoxy) is 1. The van der Waals surface area contributed by atoms with Crippen LogP contribution in [0.5, 0.6) is 11.5 Å². The molecule has 0 amide bonds. The third kappa shape index (κ3) is 4.75. The predicted molar refractivity (Wildman–Crippen MR) is 85.7 cm³/mol. The first-order valence-corrected chi connectivity index (χ1v) is 7.30. The van der Waals surface area contributed by atoms with Gasteiger partial charge in [0.15, 0.2) is 0 Å². The van der Waals surface area contributed by atoms with Crippen LogP contribution in [0.2, 0.25) is 0 Å². The van der Waals surface area contributed by atoms with Crippen molar-refractivity contribution in [2.75, 3.05) is 0 Å². The van der Waals surface area contributed by atoms with Crippen molar-refractivity contribution in [2.45, 2.75) is 33.6 Å². The lowest BCUT2D eigenvalue weighted by Gasteiger charge is -2.16. The third-order valence-corrected chi connectivity index (χ3v) is 3.35. The molecule has 0 fully saturated rings. The van der Waals surface area contributed by atoms with E-state index >= 15 is 0 Å². The van der Waals surface area contributed by atoms with E-state index in [1.807, 2.05) is 75.4 Å². The van der Waals surface area contributed by atoms with Gasteiger partial charge >= 0.3 is 0 Å². The second kappa shape index (κ2) is 6.57. The Balaban J connectivity index is 2.00. The summed E-state index contributed by atoms with van der Waals surface area (Å²) >= 11 is 0. The van der Waals surface area contributed by atoms with E-state index in [1.54, 1.807) is 0 Å². The van der Waals surface area contributed by atoms with Gasteiger partial charge in [0.1, 0.15) is 17.3 Å². The maximum absolute atomic E-state index is 12.0. The molecule has 0 spiro atoms. The Bertz CT molecular complexity index is 594. The van der Waals surface area contributed by atoms with Crippen molar-refractivity contribution < 1.29 is 9.53 Å². The average molecular weight is 282 g/mol. The lowest BCUT2D eigenvalue weighted by atomic mass is 9.87. The second-order valence-electron chi connectivity index (χ2n) is 6.24. The summed E-state index contributed by atoms with van der Waals surface area (Å²) in [4.78, 5) is 12.0. The molecule has 2 aromatic carbocycles. The zero-order valence-electron chi connectivity index (χ0n) is 12.9. The molecular formula is C19H22O2. The van der Waals surface area contributed by atoms with Crippen LogP contribution in [0.3, 0.4) is 0 Å². The van der Waals surface area contributed by atoms with E-state index in [4.69, 9.17) is 4.74 Å². The molecule has 2 aromatic rings. The highest BCUT2D eigenvalue weighted by Crippen LogP contribution is 2.23. The Morgan fingerprint density at radius 2 is 1.62 bits per heavy atom. The van der Waals surface area contributed by atoms with Gasteiger partial charge in [-0.2, -0.15) is 0 Å². The maximum Gasteiger partial charge on any atom is 0.138 e. The van der Waals surface area contributed by atoms with Gasteiger partial charge in [-0.15, -0.1) is 0 Å². The Morgan fingerprint density at radius 1 is 0.952 bits per heavy atom. The highest BCUT2D eigenvalue weighted by Gasteiger charge is 2.20. The summed E-state index contributed by atoms with van der Waals surface area (Å²) in [5, 5.41) is 0. The second-order valence-corrected chi connectivity index (χ2v) is 6.24. The Kier molecular flexibility index (Phi) is 4.79. The number of Topliss-reactive ketones (excluding diaryl/α,β-unsaturated/α-hetero) is 1. The fourth-order valence-corrected chi connectivity index (χ4v) is 2.02. The molecule has 0 aliphatic carbocycles. The van der Waals surface area contributed by atoms with Crippen LogP contribution in [0, 0.1) is 5.41 Å². The van der Waals surface area contributed by atoms with Gasteiger partial charge in [0, 0.05) is 11.8 Å². The lowest BCUT2D eigenvalue weighted by molar-refractivity contribution is -0.126. The molecule has 0 aliphatic heterocycles. The molecule has 2 rings (SSSR count). The van der Waals surface area contributed by atoms with Crippen molar-refractivity contribution in [2.24, 2.45) is 5.41 Å². The number of rotatable bonds is 5. The third-order valence-electron chi connectivity index (χ3n) is 3.35. The van der Waals surface area contributed by atoms with Crippen molar-refractivity contribution in [1.82, 2.24) is 0 Å². The topological polar surface area (TPSA) is 26.3 Å². The summed E-state index contributed by atoms with van der Waals surface area (Å²) in [7, 11) is 0. The molecule has 0 aliphatic rings. The van der Waals surface area contributed by atoms with Gasteiger partial charge in [-0.25, -0.2) is 0 Å². The minimum absolute atomic E-state index is 0.266. The molecule has 2 heteroatoms. The quantitative estimate of drug-likeness (QED) is 0.769. The highest BCUT2D eigenvalue weighted by molar-refractivity contribution is 5.83. The largest absolute Gasteiger partial charge is 0.457 e. The van der Waals surface area contributed by atoms with Gasteiger partial charge in [-0.05, 0) is 36.2 Å². The number of hydrogen-bond donors (Lipinski definition) is 0. The van der Waals surface area contributed by atoms with E-state index in [2.05, 4.69) is 0 Å². The Labute approximate surface area is 126 Å². The normalized spacial score (nSPS) is 11.2. The molecule has 21 heavy (non-hydrogen) atoms. The predicted octanol–water partition coefficient (Wildman–Crippen LogP) is 5.03. The van der Waals surface area contributed by atoms with E-state index in [-0.39, 0.29) is 11.2 Å². The van der Waals surface area contributed by atoms with Crippen LogP contribution in [-0.4, -0.2) is 5.78 Å². The van der Waals surface area contributed by atoms with Gasteiger partial charge in [0.25, 0.3) is 0 Å². The van der Waals surface area contributed by atoms with Gasteiger partial charge < -0.3 is 4.74 Å². The summed E-state index contributed by atoms with van der Waals surface area (Å²) in [5.41, 5.74) is 0.860. The molecule has 0 unspecified atom stereocenters. The monoisotopic (exact) mass is 282 g/mol. The van der Waals surface area contributed by atoms with Crippen LogP contribution >= 0.6 is 0 Å². The van der Waals surface area contributed by atoms with Gasteiger partial charge in [-0.1, -0.05) is 51.1 Å². The van der Waals surface area contributed by atoms with Crippen LogP contribution in [-0.2, 0) is 11.2 Å². The number of hydrogen-bond acceptors (Lipinski definition) is 2. The van der Waals surface area contributed by atoms with Gasteiger partial charge in [-0.3, -0.25) is 4.79 Å². The maximum atomic E-state index is 12.0. The number of carbonyl (C=O) groups excluding carboxylic acids is 1. The van der Waals surface area contributed by atoms with Gasteiger partial charge in [0.05, 0.1) is 0 Å². The zero-order chi connectivity index (χ0) is 15.3. The summed E-state index contributed by atoms with van der Waals surface area (Å²) in [6, 6.07) is 17.6. The molecule has 0 aromatic heterocycles. The SMILES string of the molecule is CC(C)(C)C(=O)CCc1cccc(Oc2ccccc2)c1. The molecular weight excluding hydrogens is 260 g/mol. The Morgan fingerprint density at radius 3 is 2.29 bits per heavy atom. The summed E-state index contributed by atoms with van der Waals surface area (Å²) in [6.45, 7) is 5.89. The zero-order valence-corrected chi connectivity index (χ0v) is 12.9. The number of para-hydroxylation sites is 1. The highest BCUT2D eigenvalue weighted by atomic mass is 16.5. The summed E-state index contributed by atoms with van der Waals surface area (Å²) in [6.07, 6.45) is 1.32. The van der Waals surface area contributed by atoms with Crippen LogP contribution in [0.15, 0.2) is 54.6 Å². The van der Waals surface area contributed by atoms with E-state index < -0.39 is 0 Å². The van der Waals surface area contributed by atoms with E-state index in [9.17, 15) is 4.79 Å². The van der Waals surface area contributed by atoms with Crippen molar-refractivity contribution >= 4 is 5.78 Å². The smallest absolute Gasteiger partial charge is 0.138 e. The van der Waals surface area contributed by atoms with Crippen LogP contribution in [0.25, 0.3) is 0 Å². The molecule has 0 saturated carbocycles. The first kappa shape index (κ1) is 15.3. The molecule has 2 nitrogen and oxygen atoms in total. The van der Waals surface area contributed by atoms with Crippen LogP contribution in [0.4, 0.5) is 0 Å². The van der Waals surface area contributed by atoms with E-state index in [0.29, 0.717) is 6.42 Å². The van der Waals surface area contributed by atoms with Gasteiger partial charge in [0.2, 0.25) is 0 Å². The first-order chi connectivity index (χ1) is 9.95. The van der Waals surface area contributed by atoms with Crippen molar-refractivity contribution in [3.05, 3.63) is 60.2 Å². The molecule has 0 heterocycles. The number of aryl methyl sites for hydroxylation is 1. The van der Waals surface area contributed by atoms with E-state index in [0.717, 1.165) is 23.5 Å². The lowest BCUT2D eigenvalue weighted by Crippen LogP contribution is -2.20. The Hall–Kier alpha value is -2.09. The minimum atomic E-state index is -0.266. The molecule has 0 bridgehead atoms. The molecule has 0 saturated heterocycles. The molecule has 0 atom stereocenters. The fraction of sp³-hybridized carbons (Fsp3) is 0.316. The molecule has 0 radical (unpaired) electrons. The number of carbonyl (C=O) groups is 1. The van der Waals surface area contributed by atoms with E-state index in [1.165, 1.54) is 0 Å². The fourth-order valence-electron chi connectivity index (χ4n) is 2.02. The van der Waals surface area contributed by atoms with Crippen molar-refractivity contribution in [1.29, 1.82) is 0 Å². The minimum Gasteiger partial charge on any atom is -0.457 e. The average Bonchev–Trinajstić information content (AvgIpc) is 2.45. The number of benzene rings is 2. The van der Waals surface area contributed by atoms with Crippen LogP contribution in [0.1, 0.15) is 32.8 Å². The first-order valence-electron chi connectivity index (χ1n) is 7.30. The molecule has 0 N–H and O–H groups in total. The summed E-state index contributed by atoms with van der Waals surface area (Å²) in [5.74, 6) is 1.92. The number of ketones is 1. The summed E-state index contributed by atoms with van der Waals surface area (Å²) < 4.78 is 5.81. The van der Waals surface area contributed by atoms with Crippen LogP contribution < -0.4 is 4.74 Å². The van der Waals surface area contributed by atoms with Crippen molar-refractivity contribution in [3.8, 4) is 11.5 Å². The molecule has 110 valence electrons.